The van der Waals surface area contributed by atoms with Gasteiger partial charge in [0.15, 0.2) is 11.5 Å². The van der Waals surface area contributed by atoms with Crippen molar-refractivity contribution in [2.45, 2.75) is 23.5 Å². The number of benzene rings is 2. The molecular weight excluding hydrogens is 348 g/mol. The largest absolute Gasteiger partial charge is 0.493 e. The number of hydrogen-bond donors (Lipinski definition) is 1. The van der Waals surface area contributed by atoms with Crippen LogP contribution in [0.15, 0.2) is 47.4 Å². The number of nitrogens with one attached hydrogen (secondary N) is 1. The van der Waals surface area contributed by atoms with E-state index in [2.05, 4.69) is 5.32 Å². The van der Waals surface area contributed by atoms with Crippen molar-refractivity contribution in [1.29, 1.82) is 0 Å². The van der Waals surface area contributed by atoms with Crippen LogP contribution in [0.5, 0.6) is 11.5 Å². The maximum absolute atomic E-state index is 12.6. The zero-order chi connectivity index (χ0) is 18.2. The van der Waals surface area contributed by atoms with E-state index in [1.807, 2.05) is 12.1 Å². The van der Waals surface area contributed by atoms with Crippen LogP contribution < -0.4 is 14.8 Å². The van der Waals surface area contributed by atoms with Gasteiger partial charge in [-0.2, -0.15) is 8.78 Å². The molecule has 0 aromatic heterocycles. The zero-order valence-corrected chi connectivity index (χ0v) is 14.7. The molecule has 1 N–H and O–H groups in total. The standard InChI is InChI=1S/C18H19F2NO3S/c1-23-14-9-7-12(11-15(14)24-2)8-10-17(22)21-13-5-3-4-6-16(13)25-18(19)20/h3-7,9,11,18H,8,10H2,1-2H3,(H,21,22). The van der Waals surface area contributed by atoms with Crippen LogP contribution in [0.4, 0.5) is 14.5 Å². The number of halogens is 2. The molecule has 2 aromatic carbocycles. The molecule has 0 atom stereocenters. The third-order valence-electron chi connectivity index (χ3n) is 3.47. The highest BCUT2D eigenvalue weighted by atomic mass is 32.2. The summed E-state index contributed by atoms with van der Waals surface area (Å²) in [5.74, 6) is -1.56. The number of alkyl halides is 2. The topological polar surface area (TPSA) is 47.6 Å². The molecule has 4 nitrogen and oxygen atoms in total. The second kappa shape index (κ2) is 9.27. The molecule has 0 saturated carbocycles. The Kier molecular flexibility index (Phi) is 7.06. The van der Waals surface area contributed by atoms with Gasteiger partial charge in [0.05, 0.1) is 19.9 Å². The van der Waals surface area contributed by atoms with Gasteiger partial charge in [0, 0.05) is 11.3 Å². The predicted molar refractivity (Wildman–Crippen MR) is 94.8 cm³/mol. The average molecular weight is 367 g/mol. The lowest BCUT2D eigenvalue weighted by Crippen LogP contribution is -2.13. The van der Waals surface area contributed by atoms with Gasteiger partial charge in [-0.15, -0.1) is 0 Å². The van der Waals surface area contributed by atoms with Crippen molar-refractivity contribution in [1.82, 2.24) is 0 Å². The van der Waals surface area contributed by atoms with Crippen LogP contribution in [0, 0.1) is 0 Å². The summed E-state index contributed by atoms with van der Waals surface area (Å²) in [5, 5.41) is 2.69. The highest BCUT2D eigenvalue weighted by Crippen LogP contribution is 2.32. The Balaban J connectivity index is 1.97. The van der Waals surface area contributed by atoms with Gasteiger partial charge in [-0.05, 0) is 36.2 Å². The Labute approximate surface area is 149 Å². The lowest BCUT2D eigenvalue weighted by Gasteiger charge is -2.11. The van der Waals surface area contributed by atoms with Gasteiger partial charge in [0.1, 0.15) is 0 Å². The third kappa shape index (κ3) is 5.63. The number of carbonyl (C=O) groups excluding carboxylic acids is 1. The molecule has 2 rings (SSSR count). The number of para-hydroxylation sites is 1. The van der Waals surface area contributed by atoms with Crippen molar-refractivity contribution in [2.75, 3.05) is 19.5 Å². The Hall–Kier alpha value is -2.28. The van der Waals surface area contributed by atoms with E-state index in [-0.39, 0.29) is 12.3 Å². The van der Waals surface area contributed by atoms with Gasteiger partial charge in [0.25, 0.3) is 5.76 Å². The minimum Gasteiger partial charge on any atom is -0.493 e. The first-order valence-electron chi connectivity index (χ1n) is 7.58. The van der Waals surface area contributed by atoms with Crippen LogP contribution in [0.3, 0.4) is 0 Å². The second-order valence-electron chi connectivity index (χ2n) is 5.11. The summed E-state index contributed by atoms with van der Waals surface area (Å²) in [7, 11) is 3.10. The molecule has 134 valence electrons. The molecule has 0 aliphatic carbocycles. The Morgan fingerprint density at radius 2 is 1.84 bits per heavy atom. The van der Waals surface area contributed by atoms with Gasteiger partial charge >= 0.3 is 0 Å². The van der Waals surface area contributed by atoms with E-state index < -0.39 is 5.76 Å². The van der Waals surface area contributed by atoms with Crippen LogP contribution in [0.1, 0.15) is 12.0 Å². The number of thioether (sulfide) groups is 1. The monoisotopic (exact) mass is 367 g/mol. The van der Waals surface area contributed by atoms with Crippen molar-refractivity contribution in [3.63, 3.8) is 0 Å². The van der Waals surface area contributed by atoms with Gasteiger partial charge < -0.3 is 14.8 Å². The summed E-state index contributed by atoms with van der Waals surface area (Å²) in [6.45, 7) is 0. The minimum absolute atomic E-state index is 0.225. The van der Waals surface area contributed by atoms with E-state index in [0.717, 1.165) is 5.56 Å². The number of anilines is 1. The van der Waals surface area contributed by atoms with Gasteiger partial charge in [-0.1, -0.05) is 30.0 Å². The van der Waals surface area contributed by atoms with Crippen molar-refractivity contribution < 1.29 is 23.0 Å². The van der Waals surface area contributed by atoms with E-state index in [1.54, 1.807) is 44.6 Å². The summed E-state index contributed by atoms with van der Waals surface area (Å²) >= 11 is 0.412. The number of carbonyl (C=O) groups is 1. The molecule has 0 fully saturated rings. The fourth-order valence-corrected chi connectivity index (χ4v) is 2.87. The van der Waals surface area contributed by atoms with Crippen molar-refractivity contribution in [3.8, 4) is 11.5 Å². The van der Waals surface area contributed by atoms with E-state index in [0.29, 0.717) is 40.3 Å². The first kappa shape index (κ1) is 19.1. The Morgan fingerprint density at radius 1 is 1.12 bits per heavy atom. The molecule has 1 amide bonds. The van der Waals surface area contributed by atoms with E-state index in [9.17, 15) is 13.6 Å². The highest BCUT2D eigenvalue weighted by molar-refractivity contribution is 7.99. The third-order valence-corrected chi connectivity index (χ3v) is 4.25. The van der Waals surface area contributed by atoms with Crippen LogP contribution >= 0.6 is 11.8 Å². The number of rotatable bonds is 8. The zero-order valence-electron chi connectivity index (χ0n) is 13.9. The molecule has 0 bridgehead atoms. The number of amides is 1. The summed E-state index contributed by atoms with van der Waals surface area (Å²) < 4.78 is 35.5. The van der Waals surface area contributed by atoms with Gasteiger partial charge in [-0.25, -0.2) is 0 Å². The quantitative estimate of drug-likeness (QED) is 0.693. The Morgan fingerprint density at radius 3 is 2.52 bits per heavy atom. The minimum atomic E-state index is -2.54. The summed E-state index contributed by atoms with van der Waals surface area (Å²) in [4.78, 5) is 12.5. The molecule has 0 unspecified atom stereocenters. The number of aryl methyl sites for hydroxylation is 1. The van der Waals surface area contributed by atoms with E-state index in [1.165, 1.54) is 0 Å². The molecule has 0 spiro atoms. The molecule has 0 saturated heterocycles. The summed E-state index contributed by atoms with van der Waals surface area (Å²) in [5.41, 5.74) is 1.31. The van der Waals surface area contributed by atoms with E-state index >= 15 is 0 Å². The molecule has 2 aromatic rings. The van der Waals surface area contributed by atoms with Crippen LogP contribution in [0.2, 0.25) is 0 Å². The summed E-state index contributed by atoms with van der Waals surface area (Å²) in [6, 6.07) is 12.0. The molecule has 0 radical (unpaired) electrons. The molecule has 7 heteroatoms. The first-order chi connectivity index (χ1) is 12.0. The smallest absolute Gasteiger partial charge is 0.288 e. The number of hydrogen-bond acceptors (Lipinski definition) is 4. The SMILES string of the molecule is COc1ccc(CCC(=O)Nc2ccccc2SC(F)F)cc1OC. The second-order valence-corrected chi connectivity index (χ2v) is 6.14. The van der Waals surface area contributed by atoms with Crippen LogP contribution in [-0.4, -0.2) is 25.9 Å². The van der Waals surface area contributed by atoms with Crippen LogP contribution in [-0.2, 0) is 11.2 Å². The van der Waals surface area contributed by atoms with Crippen LogP contribution in [0.25, 0.3) is 0 Å². The molecule has 0 aliphatic heterocycles. The van der Waals surface area contributed by atoms with E-state index in [4.69, 9.17) is 9.47 Å². The predicted octanol–water partition coefficient (Wildman–Crippen LogP) is 4.59. The van der Waals surface area contributed by atoms with Crippen molar-refractivity contribution in [2.24, 2.45) is 0 Å². The van der Waals surface area contributed by atoms with Gasteiger partial charge in [-0.3, -0.25) is 4.79 Å². The molecule has 0 aliphatic rings. The fraction of sp³-hybridized carbons (Fsp3) is 0.278. The number of ether oxygens (including phenoxy) is 2. The highest BCUT2D eigenvalue weighted by Gasteiger charge is 2.12. The molecular formula is C18H19F2NO3S. The van der Waals surface area contributed by atoms with Crippen molar-refractivity contribution in [3.05, 3.63) is 48.0 Å². The molecule has 25 heavy (non-hydrogen) atoms. The maximum Gasteiger partial charge on any atom is 0.288 e. The maximum atomic E-state index is 12.6. The lowest BCUT2D eigenvalue weighted by molar-refractivity contribution is -0.116. The van der Waals surface area contributed by atoms with Gasteiger partial charge in [0.2, 0.25) is 5.91 Å². The number of methoxy groups -OCH3 is 2. The fourth-order valence-electron chi connectivity index (χ4n) is 2.28. The van der Waals surface area contributed by atoms with Crippen molar-refractivity contribution >= 4 is 23.4 Å². The average Bonchev–Trinajstić information content (AvgIpc) is 2.61. The Bertz CT molecular complexity index is 725. The lowest BCUT2D eigenvalue weighted by atomic mass is 10.1. The normalized spacial score (nSPS) is 10.6. The summed E-state index contributed by atoms with van der Waals surface area (Å²) in [6.07, 6.45) is 0.722. The molecule has 0 heterocycles. The first-order valence-corrected chi connectivity index (χ1v) is 8.46.